The number of Topliss-reactive ketones (excluding diaryl/α,β-unsaturated/α-hetero) is 1. The molecule has 1 saturated heterocycles. The molecule has 184 valence electrons. The molecule has 1 heterocycles. The summed E-state index contributed by atoms with van der Waals surface area (Å²) >= 11 is 19.3. The van der Waals surface area contributed by atoms with E-state index in [4.69, 9.17) is 23.2 Å². The average Bonchev–Trinajstić information content (AvgIpc) is 3.08. The van der Waals surface area contributed by atoms with Crippen molar-refractivity contribution in [3.63, 3.8) is 0 Å². The van der Waals surface area contributed by atoms with Gasteiger partial charge >= 0.3 is 0 Å². The van der Waals surface area contributed by atoms with Crippen molar-refractivity contribution in [2.24, 2.45) is 11.8 Å². The highest BCUT2D eigenvalue weighted by Crippen LogP contribution is 2.44. The fourth-order valence-electron chi connectivity index (χ4n) is 4.69. The predicted octanol–water partition coefficient (Wildman–Crippen LogP) is 5.93. The third-order valence-corrected chi connectivity index (χ3v) is 9.99. The first-order valence-corrected chi connectivity index (χ1v) is 13.8. The number of imide groups is 1. The monoisotopic (exact) mass is 642 g/mol. The van der Waals surface area contributed by atoms with Crippen LogP contribution in [0.1, 0.15) is 46.9 Å². The number of halogens is 4. The maximum atomic E-state index is 13.9. The molecule has 1 saturated carbocycles. The minimum absolute atomic E-state index is 0.00703. The van der Waals surface area contributed by atoms with Crippen molar-refractivity contribution in [2.45, 2.75) is 41.9 Å². The first-order valence-electron chi connectivity index (χ1n) is 11.2. The Morgan fingerprint density at radius 2 is 1.51 bits per heavy atom. The summed E-state index contributed by atoms with van der Waals surface area (Å²) in [5.74, 6) is -3.14. The lowest BCUT2D eigenvalue weighted by molar-refractivity contribution is -0.156. The van der Waals surface area contributed by atoms with E-state index in [0.29, 0.717) is 18.4 Å². The molecule has 2 aromatic carbocycles. The molecule has 0 unspecified atom stereocenters. The smallest absolute Gasteiger partial charge is 0.273 e. The van der Waals surface area contributed by atoms with Gasteiger partial charge in [-0.25, -0.2) is 5.01 Å². The number of benzene rings is 2. The van der Waals surface area contributed by atoms with Gasteiger partial charge in [0.15, 0.2) is 5.78 Å². The molecule has 0 spiro atoms. The van der Waals surface area contributed by atoms with Crippen LogP contribution in [-0.2, 0) is 9.59 Å². The molecule has 6 nitrogen and oxygen atoms in total. The van der Waals surface area contributed by atoms with E-state index in [-0.39, 0.29) is 37.5 Å². The fraction of sp³-hybridized carbons (Fsp3) is 0.360. The van der Waals surface area contributed by atoms with E-state index in [2.05, 4.69) is 31.9 Å². The molecule has 1 aliphatic heterocycles. The Labute approximate surface area is 230 Å². The van der Waals surface area contributed by atoms with Gasteiger partial charge in [-0.2, -0.15) is 5.01 Å². The number of rotatable bonds is 6. The van der Waals surface area contributed by atoms with E-state index < -0.39 is 35.6 Å². The minimum atomic E-state index is -1.08. The molecule has 2 fully saturated rings. The Kier molecular flexibility index (Phi) is 8.05. The fourth-order valence-corrected chi connectivity index (χ4v) is 6.22. The second-order valence-electron chi connectivity index (χ2n) is 8.64. The highest BCUT2D eigenvalue weighted by atomic mass is 79.9. The molecule has 4 rings (SSSR count). The SMILES string of the molecule is CC[C@H](C(=O)c1ccccc1)N(C(=O)c1ccc(Cl)c(Cl)c1)N1C(=O)[C@H]2C[C@H](Br)[C@@H](Br)C[C@H]2C1=O. The molecule has 3 amide bonds. The number of carbonyl (C=O) groups is 4. The number of alkyl halides is 2. The second kappa shape index (κ2) is 10.7. The number of amides is 3. The zero-order valence-corrected chi connectivity index (χ0v) is 23.4. The van der Waals surface area contributed by atoms with Crippen molar-refractivity contribution in [3.8, 4) is 0 Å². The summed E-state index contributed by atoms with van der Waals surface area (Å²) in [6, 6.07) is 11.7. The Morgan fingerprint density at radius 1 is 0.943 bits per heavy atom. The number of nitrogens with zero attached hydrogens (tertiary/aromatic N) is 2. The number of ketones is 1. The van der Waals surface area contributed by atoms with Crippen LogP contribution in [0, 0.1) is 11.8 Å². The van der Waals surface area contributed by atoms with Gasteiger partial charge in [-0.3, -0.25) is 19.2 Å². The molecule has 2 aliphatic rings. The van der Waals surface area contributed by atoms with Crippen LogP contribution in [0.25, 0.3) is 0 Å². The molecule has 0 N–H and O–H groups in total. The van der Waals surface area contributed by atoms with E-state index in [1.165, 1.54) is 18.2 Å². The molecule has 35 heavy (non-hydrogen) atoms. The summed E-state index contributed by atoms with van der Waals surface area (Å²) in [5.41, 5.74) is 0.495. The Bertz CT molecular complexity index is 1150. The highest BCUT2D eigenvalue weighted by Gasteiger charge is 2.56. The molecule has 0 bridgehead atoms. The lowest BCUT2D eigenvalue weighted by Crippen LogP contribution is -2.57. The average molecular weight is 645 g/mol. The summed E-state index contributed by atoms with van der Waals surface area (Å²) in [6.07, 6.45) is 1.08. The molecule has 0 radical (unpaired) electrons. The van der Waals surface area contributed by atoms with Crippen LogP contribution >= 0.6 is 55.1 Å². The zero-order chi connectivity index (χ0) is 25.4. The second-order valence-corrected chi connectivity index (χ2v) is 11.8. The third-order valence-electron chi connectivity index (χ3n) is 6.52. The topological polar surface area (TPSA) is 74.8 Å². The van der Waals surface area contributed by atoms with Crippen molar-refractivity contribution in [1.82, 2.24) is 10.0 Å². The van der Waals surface area contributed by atoms with Gasteiger partial charge in [0.2, 0.25) is 0 Å². The van der Waals surface area contributed by atoms with Crippen LogP contribution in [0.15, 0.2) is 48.5 Å². The largest absolute Gasteiger partial charge is 0.292 e. The summed E-state index contributed by atoms with van der Waals surface area (Å²) in [4.78, 5) is 54.6. The van der Waals surface area contributed by atoms with Crippen LogP contribution < -0.4 is 0 Å². The molecule has 2 aromatic rings. The standard InChI is InChI=1S/C25H22Br2Cl2N2O4/c1-2-21(22(32)13-6-4-3-5-7-13)30(23(33)14-8-9-19(28)20(29)10-14)31-24(34)15-11-17(26)18(27)12-16(15)25(31)35/h3-10,15-18,21H,2,11-12H2,1H3/t15-,16+,17-,18-,21+/m0/s1. The number of hydrazine groups is 1. The van der Waals surface area contributed by atoms with E-state index in [0.717, 1.165) is 10.0 Å². The van der Waals surface area contributed by atoms with Gasteiger partial charge in [0.25, 0.3) is 17.7 Å². The first-order chi connectivity index (χ1) is 16.6. The van der Waals surface area contributed by atoms with Crippen molar-refractivity contribution in [2.75, 3.05) is 0 Å². The van der Waals surface area contributed by atoms with Gasteiger partial charge in [-0.05, 0) is 37.5 Å². The number of hydrogen-bond donors (Lipinski definition) is 0. The van der Waals surface area contributed by atoms with E-state index in [9.17, 15) is 19.2 Å². The molecule has 10 heteroatoms. The summed E-state index contributed by atoms with van der Waals surface area (Å²) in [5, 5.41) is 2.34. The zero-order valence-electron chi connectivity index (χ0n) is 18.7. The first kappa shape index (κ1) is 26.3. The van der Waals surface area contributed by atoms with E-state index in [1.807, 2.05) is 0 Å². The number of fused-ring (bicyclic) bond motifs is 1. The highest BCUT2D eigenvalue weighted by molar-refractivity contribution is 9.12. The Hall–Kier alpha value is -1.74. The molecular formula is C25H22Br2Cl2N2O4. The number of hydrogen-bond acceptors (Lipinski definition) is 4. The van der Waals surface area contributed by atoms with Gasteiger partial charge in [-0.15, -0.1) is 0 Å². The van der Waals surface area contributed by atoms with Gasteiger partial charge in [0, 0.05) is 20.8 Å². The summed E-state index contributed by atoms with van der Waals surface area (Å²) in [6.45, 7) is 1.74. The molecule has 5 atom stereocenters. The van der Waals surface area contributed by atoms with Gasteiger partial charge in [-0.1, -0.05) is 92.3 Å². The van der Waals surface area contributed by atoms with Crippen molar-refractivity contribution in [1.29, 1.82) is 0 Å². The summed E-state index contributed by atoms with van der Waals surface area (Å²) in [7, 11) is 0. The van der Waals surface area contributed by atoms with Crippen molar-refractivity contribution < 1.29 is 19.2 Å². The molecule has 1 aliphatic carbocycles. The maximum Gasteiger partial charge on any atom is 0.273 e. The Morgan fingerprint density at radius 3 is 2.03 bits per heavy atom. The summed E-state index contributed by atoms with van der Waals surface area (Å²) < 4.78 is 0. The number of carbonyl (C=O) groups excluding carboxylic acids is 4. The van der Waals surface area contributed by atoms with Gasteiger partial charge < -0.3 is 0 Å². The third kappa shape index (κ3) is 4.95. The quantitative estimate of drug-likeness (QED) is 0.222. The van der Waals surface area contributed by atoms with Crippen molar-refractivity contribution in [3.05, 3.63) is 69.7 Å². The lowest BCUT2D eigenvalue weighted by Gasteiger charge is -2.36. The lowest BCUT2D eigenvalue weighted by atomic mass is 9.81. The van der Waals surface area contributed by atoms with Gasteiger partial charge in [0.05, 0.1) is 21.9 Å². The van der Waals surface area contributed by atoms with Crippen LogP contribution in [-0.4, -0.2) is 49.2 Å². The maximum absolute atomic E-state index is 13.9. The normalized spacial score (nSPS) is 24.8. The van der Waals surface area contributed by atoms with E-state index in [1.54, 1.807) is 37.3 Å². The van der Waals surface area contributed by atoms with Crippen LogP contribution in [0.2, 0.25) is 10.0 Å². The minimum Gasteiger partial charge on any atom is -0.292 e. The van der Waals surface area contributed by atoms with E-state index >= 15 is 0 Å². The van der Waals surface area contributed by atoms with Crippen LogP contribution in [0.4, 0.5) is 0 Å². The van der Waals surface area contributed by atoms with Gasteiger partial charge in [0.1, 0.15) is 6.04 Å². The van der Waals surface area contributed by atoms with Crippen LogP contribution in [0.3, 0.4) is 0 Å². The Balaban J connectivity index is 1.80. The van der Waals surface area contributed by atoms with Crippen molar-refractivity contribution >= 4 is 78.6 Å². The predicted molar refractivity (Wildman–Crippen MR) is 141 cm³/mol. The molecular weight excluding hydrogens is 623 g/mol. The van der Waals surface area contributed by atoms with Crippen LogP contribution in [0.5, 0.6) is 0 Å². The molecule has 0 aromatic heterocycles.